The number of carbonyl (C=O) groups is 3. The number of ether oxygens (including phenoxy) is 3. The maximum absolute atomic E-state index is 12.8. The molecule has 0 radical (unpaired) electrons. The van der Waals surface area contributed by atoms with Gasteiger partial charge in [-0.25, -0.2) is 4.79 Å². The van der Waals surface area contributed by atoms with Crippen molar-refractivity contribution in [1.29, 1.82) is 0 Å². The van der Waals surface area contributed by atoms with Crippen LogP contribution in [0.1, 0.15) is 50.1 Å². The largest absolute Gasteiger partial charge is 0.468 e. The van der Waals surface area contributed by atoms with Crippen LogP contribution in [0.4, 0.5) is 5.69 Å². The van der Waals surface area contributed by atoms with Gasteiger partial charge in [-0.2, -0.15) is 27.0 Å². The Morgan fingerprint density at radius 2 is 0.811 bits per heavy atom. The van der Waals surface area contributed by atoms with Gasteiger partial charge in [0, 0.05) is 108 Å². The highest BCUT2D eigenvalue weighted by Crippen LogP contribution is 2.30. The second kappa shape index (κ2) is 50.8. The number of nitrogen functional groups attached to an aromatic ring is 1. The average molecular weight is 1940 g/mol. The first-order chi connectivity index (χ1) is 52.2. The van der Waals surface area contributed by atoms with Crippen LogP contribution in [0.2, 0.25) is 0 Å². The van der Waals surface area contributed by atoms with Crippen molar-refractivity contribution in [3.8, 4) is 0 Å². The Kier molecular flexibility index (Phi) is 43.6. The second-order valence-corrected chi connectivity index (χ2v) is 28.4. The SMILES string of the molecule is BrCc1ccc(Br)c2ncccc12.COC(=O)CN=C(c1ccccc1)c1ccccc1.COC(=O)[C@@H](N)Cc1ccc(Br)c2ncccc12.COC(=O)[C@H](Cc1ccc(Br)c2ncccc12)N=C(c1ccccc1)c1ccccc1.Cc1ccc(Br)c(N)c1.Cc1ccc(Br)c2ncccc12.Cl.OCC(O)CO.S.S. The zero-order valence-corrected chi connectivity index (χ0v) is 73.4. The summed E-state index contributed by atoms with van der Waals surface area (Å²) in [6, 6.07) is 75.8. The summed E-state index contributed by atoms with van der Waals surface area (Å²) in [4.78, 5) is 62.1. The minimum absolute atomic E-state index is 0. The summed E-state index contributed by atoms with van der Waals surface area (Å²) in [5.41, 5.74) is 27.1. The molecule has 7 N–H and O–H groups in total. The van der Waals surface area contributed by atoms with Gasteiger partial charge in [0.15, 0.2) is 6.04 Å². The first kappa shape index (κ1) is 95.3. The number of pyridine rings is 4. The maximum atomic E-state index is 12.8. The van der Waals surface area contributed by atoms with Crippen molar-refractivity contribution in [1.82, 2.24) is 19.9 Å². The minimum atomic E-state index is -0.954. The molecule has 0 saturated heterocycles. The van der Waals surface area contributed by atoms with Crippen LogP contribution in [0.25, 0.3) is 43.6 Å². The second-order valence-electron chi connectivity index (χ2n) is 23.5. The fourth-order valence-electron chi connectivity index (χ4n) is 10.5. The van der Waals surface area contributed by atoms with Crippen LogP contribution in [0.15, 0.2) is 294 Å². The molecular formula is C85H85Br6ClN8O9S2. The van der Waals surface area contributed by atoms with Crippen molar-refractivity contribution < 1.29 is 43.9 Å². The monoisotopic (exact) mass is 1930 g/mol. The zero-order valence-electron chi connectivity index (χ0n) is 61.1. The van der Waals surface area contributed by atoms with Gasteiger partial charge in [-0.05, 0) is 188 Å². The number of nitrogens with zero attached hydrogens (tertiary/aromatic N) is 6. The summed E-state index contributed by atoms with van der Waals surface area (Å²) in [5.74, 6) is -1.12. The van der Waals surface area contributed by atoms with Crippen molar-refractivity contribution in [2.24, 2.45) is 15.7 Å². The highest BCUT2D eigenvalue weighted by atomic mass is 79.9. The van der Waals surface area contributed by atoms with Crippen LogP contribution in [0, 0.1) is 13.8 Å². The highest BCUT2D eigenvalue weighted by molar-refractivity contribution is 9.11. The Labute approximate surface area is 717 Å². The van der Waals surface area contributed by atoms with Crippen LogP contribution in [0.5, 0.6) is 0 Å². The van der Waals surface area contributed by atoms with Crippen molar-refractivity contribution in [3.63, 3.8) is 0 Å². The number of nitrogens with two attached hydrogens (primary N) is 2. The maximum Gasteiger partial charge on any atom is 0.330 e. The number of esters is 3. The Hall–Kier alpha value is -8.12. The Morgan fingerprint density at radius 3 is 1.17 bits per heavy atom. The zero-order chi connectivity index (χ0) is 77.9. The van der Waals surface area contributed by atoms with E-state index in [1.807, 2.05) is 232 Å². The molecule has 26 heteroatoms. The summed E-state index contributed by atoms with van der Waals surface area (Å²) in [5, 5.41) is 29.3. The quantitative estimate of drug-likeness (QED) is 0.0198. The van der Waals surface area contributed by atoms with E-state index < -0.39 is 24.2 Å². The summed E-state index contributed by atoms with van der Waals surface area (Å²) < 4.78 is 19.3. The third-order valence-electron chi connectivity index (χ3n) is 16.0. The molecule has 580 valence electrons. The highest BCUT2D eigenvalue weighted by Gasteiger charge is 2.23. The first-order valence-electron chi connectivity index (χ1n) is 33.6. The number of aliphatic hydroxyl groups is 3. The molecule has 0 bridgehead atoms. The van der Waals surface area contributed by atoms with Crippen LogP contribution in [-0.2, 0) is 46.8 Å². The first-order valence-corrected chi connectivity index (χ1v) is 38.7. The fraction of sp³-hybridized carbons (Fsp3) is 0.165. The molecule has 0 fully saturated rings. The third kappa shape index (κ3) is 29.4. The van der Waals surface area contributed by atoms with E-state index in [-0.39, 0.29) is 71.1 Å². The molecule has 13 aromatic rings. The van der Waals surface area contributed by atoms with Gasteiger partial charge in [0.05, 0.1) is 68.0 Å². The number of aryl methyl sites for hydroxylation is 2. The molecule has 0 spiro atoms. The van der Waals surface area contributed by atoms with Gasteiger partial charge in [0.25, 0.3) is 0 Å². The van der Waals surface area contributed by atoms with E-state index >= 15 is 0 Å². The van der Waals surface area contributed by atoms with Crippen LogP contribution < -0.4 is 11.5 Å². The third-order valence-corrected chi connectivity index (χ3v) is 19.9. The number of anilines is 1. The van der Waals surface area contributed by atoms with Crippen molar-refractivity contribution in [2.75, 3.05) is 46.8 Å². The number of alkyl halides is 1. The molecule has 0 saturated carbocycles. The lowest BCUT2D eigenvalue weighted by Crippen LogP contribution is -2.33. The summed E-state index contributed by atoms with van der Waals surface area (Å²) in [7, 11) is 4.10. The van der Waals surface area contributed by atoms with E-state index in [4.69, 9.17) is 36.5 Å². The number of hydrogen-bond donors (Lipinski definition) is 5. The van der Waals surface area contributed by atoms with E-state index in [1.165, 1.54) is 48.8 Å². The number of fused-ring (bicyclic) bond motifs is 4. The molecule has 4 heterocycles. The Morgan fingerprint density at radius 1 is 0.450 bits per heavy atom. The van der Waals surface area contributed by atoms with Gasteiger partial charge in [0.2, 0.25) is 0 Å². The van der Waals surface area contributed by atoms with Crippen molar-refractivity contribution in [2.45, 2.75) is 50.2 Å². The van der Waals surface area contributed by atoms with E-state index in [2.05, 4.69) is 161 Å². The summed E-state index contributed by atoms with van der Waals surface area (Å²) in [6.45, 7) is 3.40. The van der Waals surface area contributed by atoms with E-state index in [0.29, 0.717) is 12.8 Å². The molecular weight excluding hydrogens is 1860 g/mol. The molecule has 0 aliphatic rings. The standard InChI is InChI=1S/C26H21BrN2O2.C16H15NO2.C13H13BrN2O2.C10H7Br2N.C10H8BrN.C7H8BrN.C3H8O3.ClH.2H2S/c1-31-26(30)23(17-20-14-15-22(27)25-21(20)13-8-16-28-25)29-24(18-9-4-2-5-10-18)19-11-6-3-7-12-19;1-19-15(18)12-17-16(13-8-4-2-5-9-13)14-10-6-3-7-11-14;1-18-13(17)11(15)7-8-4-5-10(14)12-9(8)3-2-6-16-12;11-6-7-3-4-9(12)10-8(7)2-1-5-13-10;1-7-4-5-9(11)10-8(7)3-2-6-12-10;1-5-2-3-6(8)7(9)4-5;4-1-3(6)2-5;;;/h2-16,23H,17H2,1H3;2-11H,12H2,1H3;2-6,11H,7,15H2,1H3;1-5H,6H2;2-6H,1H3;2-4H,9H2,1H3;3-6H,1-2H2;1H;2*1H2/t23-;;11-;;;;;;;/m0.0......./s1. The lowest BCUT2D eigenvalue weighted by Gasteiger charge is -2.16. The molecule has 9 aromatic carbocycles. The predicted molar refractivity (Wildman–Crippen MR) is 484 cm³/mol. The van der Waals surface area contributed by atoms with Gasteiger partial charge < -0.3 is 41.0 Å². The van der Waals surface area contributed by atoms with Crippen molar-refractivity contribution in [3.05, 3.63) is 334 Å². The number of aromatic nitrogens is 4. The number of carbonyl (C=O) groups excluding carboxylic acids is 3. The molecule has 17 nitrogen and oxygen atoms in total. The number of aliphatic hydroxyl groups excluding tert-OH is 3. The lowest BCUT2D eigenvalue weighted by atomic mass is 9.99. The number of aliphatic imine (C=N–C) groups is 2. The smallest absolute Gasteiger partial charge is 0.330 e. The minimum Gasteiger partial charge on any atom is -0.468 e. The summed E-state index contributed by atoms with van der Waals surface area (Å²) >= 11 is 20.7. The molecule has 4 aromatic heterocycles. The van der Waals surface area contributed by atoms with Crippen LogP contribution >= 0.6 is 135 Å². The molecule has 0 unspecified atom stereocenters. The topological polar surface area (TPSA) is 268 Å². The molecule has 2 atom stereocenters. The van der Waals surface area contributed by atoms with Crippen LogP contribution in [-0.4, -0.2) is 124 Å². The summed E-state index contributed by atoms with van der Waals surface area (Å²) in [6.07, 6.45) is 7.00. The molecule has 13 rings (SSSR count). The number of benzene rings is 9. The number of rotatable bonds is 16. The predicted octanol–water partition coefficient (Wildman–Crippen LogP) is 18.9. The van der Waals surface area contributed by atoms with E-state index in [1.54, 1.807) is 12.4 Å². The molecule has 111 heavy (non-hydrogen) atoms. The Balaban J connectivity index is 0.000000287. The van der Waals surface area contributed by atoms with Gasteiger partial charge in [-0.3, -0.25) is 39.5 Å². The van der Waals surface area contributed by atoms with E-state index in [9.17, 15) is 14.4 Å². The number of methoxy groups -OCH3 is 3. The van der Waals surface area contributed by atoms with Crippen LogP contribution in [0.3, 0.4) is 0 Å². The van der Waals surface area contributed by atoms with Gasteiger partial charge in [-0.15, -0.1) is 12.4 Å². The number of hydrogen-bond acceptors (Lipinski definition) is 17. The molecule has 0 aliphatic heterocycles. The fourth-order valence-corrected chi connectivity index (χ4v) is 13.0. The molecule has 0 aliphatic carbocycles. The average Bonchev–Trinajstić information content (AvgIpc) is 0.825. The van der Waals surface area contributed by atoms with Gasteiger partial charge in [-0.1, -0.05) is 192 Å². The normalized spacial score (nSPS) is 10.6. The Bertz CT molecular complexity index is 5010. The lowest BCUT2D eigenvalue weighted by molar-refractivity contribution is -0.142. The molecule has 0 amide bonds. The van der Waals surface area contributed by atoms with E-state index in [0.717, 1.165) is 111 Å². The van der Waals surface area contributed by atoms with Gasteiger partial charge in [0.1, 0.15) is 18.7 Å². The van der Waals surface area contributed by atoms with Crippen molar-refractivity contribution >= 4 is 214 Å². The number of halogens is 7. The van der Waals surface area contributed by atoms with Gasteiger partial charge >= 0.3 is 17.9 Å².